The maximum Gasteiger partial charge on any atom is 0.312 e. The highest BCUT2D eigenvalue weighted by atomic mass is 79.9. The molecular weight excluding hydrogens is 378 g/mol. The summed E-state index contributed by atoms with van der Waals surface area (Å²) < 4.78 is 22.8. The van der Waals surface area contributed by atoms with Crippen LogP contribution in [0.4, 0.5) is 11.4 Å². The SMILES string of the molecule is O=C1CC(S(=O)(=O)Cl)CN1c1c(Br)cncc1[N+](=O)[O-]. The fourth-order valence-corrected chi connectivity index (χ4v) is 3.46. The molecule has 0 aromatic carbocycles. The number of aromatic nitrogens is 1. The molecule has 1 atom stereocenters. The Hall–Kier alpha value is -1.26. The molecule has 0 saturated carbocycles. The van der Waals surface area contributed by atoms with E-state index in [0.717, 1.165) is 11.1 Å². The van der Waals surface area contributed by atoms with Crippen LogP contribution in [0.25, 0.3) is 0 Å². The maximum absolute atomic E-state index is 11.9. The molecule has 1 unspecified atom stereocenters. The van der Waals surface area contributed by atoms with E-state index >= 15 is 0 Å². The van der Waals surface area contributed by atoms with Crippen molar-refractivity contribution in [3.8, 4) is 0 Å². The molecule has 8 nitrogen and oxygen atoms in total. The number of rotatable bonds is 3. The summed E-state index contributed by atoms with van der Waals surface area (Å²) in [5.41, 5.74) is -0.404. The molecule has 0 aliphatic carbocycles. The highest BCUT2D eigenvalue weighted by Gasteiger charge is 2.41. The van der Waals surface area contributed by atoms with Crippen LogP contribution >= 0.6 is 26.6 Å². The van der Waals surface area contributed by atoms with E-state index in [2.05, 4.69) is 20.9 Å². The average Bonchev–Trinajstić information content (AvgIpc) is 2.70. The lowest BCUT2D eigenvalue weighted by Crippen LogP contribution is -2.27. The quantitative estimate of drug-likeness (QED) is 0.443. The minimum absolute atomic E-state index is 0.0159. The highest BCUT2D eigenvalue weighted by molar-refractivity contribution is 9.10. The summed E-state index contributed by atoms with van der Waals surface area (Å²) in [5.74, 6) is -0.547. The Bertz CT molecular complexity index is 695. The zero-order valence-corrected chi connectivity index (χ0v) is 12.9. The summed E-state index contributed by atoms with van der Waals surface area (Å²) in [6, 6.07) is 0. The number of nitro groups is 1. The van der Waals surface area contributed by atoms with E-state index in [4.69, 9.17) is 10.7 Å². The van der Waals surface area contributed by atoms with Crippen molar-refractivity contribution in [1.29, 1.82) is 0 Å². The van der Waals surface area contributed by atoms with Gasteiger partial charge in [-0.2, -0.15) is 0 Å². The van der Waals surface area contributed by atoms with Crippen molar-refractivity contribution in [2.24, 2.45) is 0 Å². The van der Waals surface area contributed by atoms with Crippen LogP contribution in [-0.4, -0.2) is 36.0 Å². The van der Waals surface area contributed by atoms with E-state index in [1.165, 1.54) is 6.20 Å². The van der Waals surface area contributed by atoms with Crippen molar-refractivity contribution in [1.82, 2.24) is 4.98 Å². The first-order chi connectivity index (χ1) is 9.21. The molecule has 11 heteroatoms. The van der Waals surface area contributed by atoms with Crippen LogP contribution in [0.1, 0.15) is 6.42 Å². The Morgan fingerprint density at radius 3 is 2.65 bits per heavy atom. The zero-order chi connectivity index (χ0) is 15.1. The lowest BCUT2D eigenvalue weighted by molar-refractivity contribution is -0.384. The molecule has 1 aliphatic heterocycles. The van der Waals surface area contributed by atoms with Gasteiger partial charge < -0.3 is 4.90 Å². The number of hydrogen-bond acceptors (Lipinski definition) is 6. The summed E-state index contributed by atoms with van der Waals surface area (Å²) in [5, 5.41) is 9.89. The van der Waals surface area contributed by atoms with Gasteiger partial charge in [-0.3, -0.25) is 19.9 Å². The van der Waals surface area contributed by atoms with Gasteiger partial charge in [0.1, 0.15) is 17.1 Å². The first kappa shape index (κ1) is 15.1. The van der Waals surface area contributed by atoms with Gasteiger partial charge >= 0.3 is 5.69 Å². The monoisotopic (exact) mass is 383 g/mol. The summed E-state index contributed by atoms with van der Waals surface area (Å²) in [6.45, 7) is -0.228. The summed E-state index contributed by atoms with van der Waals surface area (Å²) in [4.78, 5) is 26.9. The normalized spacial score (nSPS) is 19.4. The number of carbonyl (C=O) groups excluding carboxylic acids is 1. The van der Waals surface area contributed by atoms with Gasteiger partial charge in [-0.15, -0.1) is 0 Å². The van der Waals surface area contributed by atoms with Gasteiger partial charge in [0.2, 0.25) is 15.0 Å². The number of pyridine rings is 1. The van der Waals surface area contributed by atoms with Gasteiger partial charge in [0.05, 0.1) is 9.40 Å². The maximum atomic E-state index is 11.9. The molecule has 0 spiro atoms. The van der Waals surface area contributed by atoms with Crippen LogP contribution in [0.2, 0.25) is 0 Å². The third-order valence-electron chi connectivity index (χ3n) is 2.81. The standard InChI is InChI=1S/C9H7BrClN3O5S/c10-6-2-12-3-7(14(16)17)9(6)13-4-5(1-8(13)15)20(11,18)19/h2-3,5H,1,4H2. The Balaban J connectivity index is 2.48. The van der Waals surface area contributed by atoms with E-state index in [1.807, 2.05) is 0 Å². The van der Waals surface area contributed by atoms with Crippen LogP contribution in [0.15, 0.2) is 16.9 Å². The lowest BCUT2D eigenvalue weighted by atomic mass is 10.3. The second-order valence-electron chi connectivity index (χ2n) is 4.05. The molecule has 1 aliphatic rings. The van der Waals surface area contributed by atoms with Gasteiger partial charge in [-0.1, -0.05) is 0 Å². The predicted octanol–water partition coefficient (Wildman–Crippen LogP) is 1.43. The average molecular weight is 385 g/mol. The number of amides is 1. The topological polar surface area (TPSA) is 110 Å². The first-order valence-electron chi connectivity index (χ1n) is 5.23. The van der Waals surface area contributed by atoms with Gasteiger partial charge in [0, 0.05) is 29.8 Å². The van der Waals surface area contributed by atoms with E-state index in [0.29, 0.717) is 0 Å². The van der Waals surface area contributed by atoms with Gasteiger partial charge in [0.25, 0.3) is 0 Å². The molecule has 1 aromatic heterocycles. The number of halogens is 2. The molecule has 0 radical (unpaired) electrons. The van der Waals surface area contributed by atoms with Crippen molar-refractivity contribution < 1.29 is 18.1 Å². The fourth-order valence-electron chi connectivity index (χ4n) is 1.90. The van der Waals surface area contributed by atoms with Crippen LogP contribution < -0.4 is 4.90 Å². The Morgan fingerprint density at radius 1 is 1.50 bits per heavy atom. The largest absolute Gasteiger partial charge is 0.312 e. The molecule has 1 fully saturated rings. The molecule has 2 heterocycles. The smallest absolute Gasteiger partial charge is 0.304 e. The van der Waals surface area contributed by atoms with Gasteiger partial charge in [-0.05, 0) is 15.9 Å². The predicted molar refractivity (Wildman–Crippen MR) is 74.1 cm³/mol. The fraction of sp³-hybridized carbons (Fsp3) is 0.333. The molecule has 108 valence electrons. The summed E-state index contributed by atoms with van der Waals surface area (Å²) in [7, 11) is 1.32. The van der Waals surface area contributed by atoms with E-state index in [-0.39, 0.29) is 28.8 Å². The van der Waals surface area contributed by atoms with Gasteiger partial charge in [0.15, 0.2) is 0 Å². The van der Waals surface area contributed by atoms with Crippen molar-refractivity contribution in [3.05, 3.63) is 27.0 Å². The minimum atomic E-state index is -3.91. The zero-order valence-electron chi connectivity index (χ0n) is 9.69. The van der Waals surface area contributed by atoms with E-state index < -0.39 is 25.1 Å². The minimum Gasteiger partial charge on any atom is -0.304 e. The van der Waals surface area contributed by atoms with Crippen LogP contribution in [0, 0.1) is 10.1 Å². The van der Waals surface area contributed by atoms with Crippen LogP contribution in [0.3, 0.4) is 0 Å². The Morgan fingerprint density at radius 2 is 2.15 bits per heavy atom. The second kappa shape index (κ2) is 5.26. The molecule has 0 N–H and O–H groups in total. The van der Waals surface area contributed by atoms with Crippen molar-refractivity contribution in [2.75, 3.05) is 11.4 Å². The van der Waals surface area contributed by atoms with Gasteiger partial charge in [-0.25, -0.2) is 8.42 Å². The third kappa shape index (κ3) is 2.76. The highest BCUT2D eigenvalue weighted by Crippen LogP contribution is 2.38. The molecule has 20 heavy (non-hydrogen) atoms. The first-order valence-corrected chi connectivity index (χ1v) is 8.40. The molecular formula is C9H7BrClN3O5S. The van der Waals surface area contributed by atoms with Crippen LogP contribution in [0.5, 0.6) is 0 Å². The molecule has 1 amide bonds. The third-order valence-corrected chi connectivity index (χ3v) is 5.26. The Labute approximate surface area is 126 Å². The van der Waals surface area contributed by atoms with E-state index in [9.17, 15) is 23.3 Å². The summed E-state index contributed by atoms with van der Waals surface area (Å²) in [6.07, 6.45) is 1.98. The number of carbonyl (C=O) groups is 1. The molecule has 0 bridgehead atoms. The lowest BCUT2D eigenvalue weighted by Gasteiger charge is -2.17. The van der Waals surface area contributed by atoms with Crippen molar-refractivity contribution in [2.45, 2.75) is 11.7 Å². The Kier molecular flexibility index (Phi) is 3.98. The number of nitrogens with zero attached hydrogens (tertiary/aromatic N) is 3. The molecule has 2 rings (SSSR count). The molecule has 1 saturated heterocycles. The second-order valence-corrected chi connectivity index (χ2v) is 7.81. The van der Waals surface area contributed by atoms with Crippen molar-refractivity contribution >= 4 is 52.9 Å². The van der Waals surface area contributed by atoms with Crippen LogP contribution in [-0.2, 0) is 13.8 Å². The molecule has 1 aromatic rings. The van der Waals surface area contributed by atoms with E-state index in [1.54, 1.807) is 0 Å². The van der Waals surface area contributed by atoms with Crippen molar-refractivity contribution in [3.63, 3.8) is 0 Å². The number of anilines is 1. The summed E-state index contributed by atoms with van der Waals surface area (Å²) >= 11 is 3.08. The number of hydrogen-bond donors (Lipinski definition) is 0.